The Morgan fingerprint density at radius 1 is 1.37 bits per heavy atom. The number of nitrogens with zero attached hydrogens (tertiary/aromatic N) is 2. The monoisotopic (exact) mass is 368 g/mol. The minimum absolute atomic E-state index is 0.243. The first-order valence-corrected chi connectivity index (χ1v) is 10.1. The van der Waals surface area contributed by atoms with Crippen molar-refractivity contribution in [1.29, 1.82) is 0 Å². The summed E-state index contributed by atoms with van der Waals surface area (Å²) in [6, 6.07) is 6.64. The fraction of sp³-hybridized carbons (Fsp3) is 0.565. The van der Waals surface area contributed by atoms with Crippen LogP contribution in [0.2, 0.25) is 0 Å². The minimum Gasteiger partial charge on any atom is -0.493 e. The first-order chi connectivity index (χ1) is 13.1. The molecule has 0 spiro atoms. The highest BCUT2D eigenvalue weighted by Gasteiger charge is 2.25. The molecule has 0 radical (unpaired) electrons. The first-order valence-electron chi connectivity index (χ1n) is 10.1. The lowest BCUT2D eigenvalue weighted by Gasteiger charge is -2.22. The summed E-state index contributed by atoms with van der Waals surface area (Å²) in [5.41, 5.74) is 2.58. The molecule has 146 valence electrons. The number of terminal acetylenes is 1. The number of fused-ring (bicyclic) bond motifs is 1. The lowest BCUT2D eigenvalue weighted by Crippen LogP contribution is -2.31. The van der Waals surface area contributed by atoms with Crippen LogP contribution in [0, 0.1) is 18.3 Å². The predicted octanol–water partition coefficient (Wildman–Crippen LogP) is 4.05. The lowest BCUT2D eigenvalue weighted by atomic mass is 10.1. The van der Waals surface area contributed by atoms with Crippen molar-refractivity contribution in [2.45, 2.75) is 58.7 Å². The van der Waals surface area contributed by atoms with Gasteiger partial charge in [-0.05, 0) is 55.5 Å². The molecular weight excluding hydrogens is 336 g/mol. The lowest BCUT2D eigenvalue weighted by molar-refractivity contribution is 0.154. The van der Waals surface area contributed by atoms with Crippen molar-refractivity contribution in [2.24, 2.45) is 5.92 Å². The van der Waals surface area contributed by atoms with Crippen LogP contribution in [0.4, 0.5) is 0 Å². The van der Waals surface area contributed by atoms with Crippen LogP contribution in [0.5, 0.6) is 5.75 Å². The average molecular weight is 369 g/mol. The molecular formula is C23H32N2O2. The van der Waals surface area contributed by atoms with Crippen LogP contribution < -0.4 is 4.74 Å². The molecule has 1 N–H and O–H groups in total. The van der Waals surface area contributed by atoms with Crippen molar-refractivity contribution >= 4 is 10.9 Å². The molecule has 4 nitrogen and oxygen atoms in total. The molecule has 3 rings (SSSR count). The molecule has 1 fully saturated rings. The van der Waals surface area contributed by atoms with Crippen LogP contribution in [0.1, 0.15) is 45.1 Å². The molecule has 1 aromatic carbocycles. The third-order valence-electron chi connectivity index (χ3n) is 5.48. The predicted molar refractivity (Wildman–Crippen MR) is 111 cm³/mol. The van der Waals surface area contributed by atoms with E-state index in [1.807, 2.05) is 6.07 Å². The second-order valence-corrected chi connectivity index (χ2v) is 7.96. The van der Waals surface area contributed by atoms with Gasteiger partial charge in [-0.25, -0.2) is 0 Å². The van der Waals surface area contributed by atoms with E-state index >= 15 is 0 Å². The highest BCUT2D eigenvalue weighted by Crippen LogP contribution is 2.30. The van der Waals surface area contributed by atoms with Gasteiger partial charge in [0.1, 0.15) is 5.75 Å². The van der Waals surface area contributed by atoms with Crippen molar-refractivity contribution < 1.29 is 9.84 Å². The fourth-order valence-electron chi connectivity index (χ4n) is 3.90. The van der Waals surface area contributed by atoms with E-state index in [1.54, 1.807) is 0 Å². The molecule has 1 atom stereocenters. The molecule has 27 heavy (non-hydrogen) atoms. The van der Waals surface area contributed by atoms with Gasteiger partial charge >= 0.3 is 0 Å². The number of rotatable bonds is 9. The van der Waals surface area contributed by atoms with Gasteiger partial charge in [0.05, 0.1) is 13.2 Å². The molecule has 1 aliphatic heterocycles. The largest absolute Gasteiger partial charge is 0.493 e. The number of likely N-dealkylation sites (tertiary alicyclic amines) is 1. The molecule has 0 amide bonds. The zero-order valence-corrected chi connectivity index (χ0v) is 16.7. The maximum absolute atomic E-state index is 9.66. The van der Waals surface area contributed by atoms with Crippen molar-refractivity contribution in [1.82, 2.24) is 9.47 Å². The van der Waals surface area contributed by atoms with Crippen LogP contribution >= 0.6 is 0 Å². The summed E-state index contributed by atoms with van der Waals surface area (Å²) in [6.07, 6.45) is 11.7. The number of ether oxygens (including phenoxy) is 1. The van der Waals surface area contributed by atoms with Gasteiger partial charge in [0.2, 0.25) is 0 Å². The number of aliphatic hydroxyl groups excluding tert-OH is 1. The third kappa shape index (κ3) is 4.86. The zero-order chi connectivity index (χ0) is 19.2. The SMILES string of the molecule is C#CCCOc1ccc2c(c1)c(CN1CCC[C@H]1CO)cn2CCC(C)C. The summed E-state index contributed by atoms with van der Waals surface area (Å²) in [5.74, 6) is 4.17. The average Bonchev–Trinajstić information content (AvgIpc) is 3.25. The van der Waals surface area contributed by atoms with E-state index in [0.29, 0.717) is 18.9 Å². The van der Waals surface area contributed by atoms with Gasteiger partial charge in [0.15, 0.2) is 0 Å². The molecule has 0 saturated carbocycles. The summed E-state index contributed by atoms with van der Waals surface area (Å²) in [7, 11) is 0. The first kappa shape index (κ1) is 19.8. The Labute approximate surface area is 163 Å². The maximum Gasteiger partial charge on any atom is 0.120 e. The van der Waals surface area contributed by atoms with Crippen molar-refractivity contribution in [3.63, 3.8) is 0 Å². The Kier molecular flexibility index (Phi) is 6.82. The summed E-state index contributed by atoms with van der Waals surface area (Å²) >= 11 is 0. The number of hydrogen-bond donors (Lipinski definition) is 1. The molecule has 0 bridgehead atoms. The smallest absolute Gasteiger partial charge is 0.120 e. The van der Waals surface area contributed by atoms with Gasteiger partial charge in [-0.1, -0.05) is 13.8 Å². The molecule has 2 aromatic rings. The number of aryl methyl sites for hydroxylation is 1. The van der Waals surface area contributed by atoms with E-state index in [1.165, 1.54) is 16.5 Å². The summed E-state index contributed by atoms with van der Waals surface area (Å²) < 4.78 is 8.20. The number of aliphatic hydroxyl groups is 1. The Balaban J connectivity index is 1.88. The minimum atomic E-state index is 0.243. The Bertz CT molecular complexity index is 788. The van der Waals surface area contributed by atoms with Crippen LogP contribution in [-0.4, -0.2) is 40.4 Å². The van der Waals surface area contributed by atoms with Crippen molar-refractivity contribution in [2.75, 3.05) is 19.8 Å². The molecule has 4 heteroatoms. The van der Waals surface area contributed by atoms with Gasteiger partial charge in [0, 0.05) is 42.7 Å². The number of benzene rings is 1. The van der Waals surface area contributed by atoms with Crippen LogP contribution in [-0.2, 0) is 13.1 Å². The third-order valence-corrected chi connectivity index (χ3v) is 5.48. The zero-order valence-electron chi connectivity index (χ0n) is 16.7. The van der Waals surface area contributed by atoms with Gasteiger partial charge in [-0.3, -0.25) is 4.90 Å². The normalized spacial score (nSPS) is 17.7. The molecule has 0 aliphatic carbocycles. The number of aromatic nitrogens is 1. The topological polar surface area (TPSA) is 37.6 Å². The summed E-state index contributed by atoms with van der Waals surface area (Å²) in [5, 5.41) is 10.9. The van der Waals surface area contributed by atoms with Crippen LogP contribution in [0.25, 0.3) is 10.9 Å². The van der Waals surface area contributed by atoms with E-state index in [-0.39, 0.29) is 12.6 Å². The van der Waals surface area contributed by atoms with Gasteiger partial charge in [-0.2, -0.15) is 0 Å². The maximum atomic E-state index is 9.66. The second-order valence-electron chi connectivity index (χ2n) is 7.96. The van der Waals surface area contributed by atoms with E-state index in [0.717, 1.165) is 44.6 Å². The van der Waals surface area contributed by atoms with Crippen molar-refractivity contribution in [3.05, 3.63) is 30.0 Å². The molecule has 1 saturated heterocycles. The van der Waals surface area contributed by atoms with Gasteiger partial charge in [-0.15, -0.1) is 12.3 Å². The van der Waals surface area contributed by atoms with E-state index in [9.17, 15) is 5.11 Å². The van der Waals surface area contributed by atoms with Crippen LogP contribution in [0.3, 0.4) is 0 Å². The standard InChI is InChI=1S/C23H32N2O2/c1-4-5-13-27-21-8-9-23-22(14-21)19(16-25(23)12-10-18(2)3)15-24-11-6-7-20(24)17-26/h1,8-9,14,16,18,20,26H,5-7,10-13,15,17H2,2-3H3/t20-/m0/s1. The summed E-state index contributed by atoms with van der Waals surface area (Å²) in [4.78, 5) is 2.41. The molecule has 1 aromatic heterocycles. The Morgan fingerprint density at radius 3 is 2.96 bits per heavy atom. The second kappa shape index (κ2) is 9.30. The van der Waals surface area contributed by atoms with Gasteiger partial charge in [0.25, 0.3) is 0 Å². The van der Waals surface area contributed by atoms with Crippen LogP contribution in [0.15, 0.2) is 24.4 Å². The van der Waals surface area contributed by atoms with E-state index < -0.39 is 0 Å². The Hall–Kier alpha value is -1.96. The van der Waals surface area contributed by atoms with E-state index in [4.69, 9.17) is 11.2 Å². The number of hydrogen-bond acceptors (Lipinski definition) is 3. The fourth-order valence-corrected chi connectivity index (χ4v) is 3.90. The molecule has 1 aliphatic rings. The van der Waals surface area contributed by atoms with Crippen molar-refractivity contribution in [3.8, 4) is 18.1 Å². The highest BCUT2D eigenvalue weighted by molar-refractivity contribution is 5.85. The quantitative estimate of drug-likeness (QED) is 0.536. The molecule has 0 unspecified atom stereocenters. The Morgan fingerprint density at radius 2 is 2.22 bits per heavy atom. The summed E-state index contributed by atoms with van der Waals surface area (Å²) in [6.45, 7) is 8.28. The van der Waals surface area contributed by atoms with E-state index in [2.05, 4.69) is 47.6 Å². The molecule has 2 heterocycles. The highest BCUT2D eigenvalue weighted by atomic mass is 16.5. The van der Waals surface area contributed by atoms with Gasteiger partial charge < -0.3 is 14.4 Å².